The van der Waals surface area contributed by atoms with Crippen LogP contribution in [0.25, 0.3) is 0 Å². The summed E-state index contributed by atoms with van der Waals surface area (Å²) < 4.78 is 19.0. The first-order valence-corrected chi connectivity index (χ1v) is 6.14. The maximum absolute atomic E-state index is 13.2. The molecule has 17 heavy (non-hydrogen) atoms. The molecular weight excluding hydrogens is 285 g/mol. The fourth-order valence-electron chi connectivity index (χ4n) is 1.75. The second-order valence-corrected chi connectivity index (χ2v) is 4.65. The summed E-state index contributed by atoms with van der Waals surface area (Å²) in [5.74, 6) is 0.659. The van der Waals surface area contributed by atoms with Crippen LogP contribution in [0.5, 0.6) is 0 Å². The van der Waals surface area contributed by atoms with Gasteiger partial charge in [-0.3, -0.25) is 0 Å². The van der Waals surface area contributed by atoms with E-state index in [1.807, 2.05) is 19.2 Å². The smallest absolute Gasteiger partial charge is 0.137 e. The van der Waals surface area contributed by atoms with E-state index in [-0.39, 0.29) is 11.9 Å². The minimum absolute atomic E-state index is 0.109. The summed E-state index contributed by atoms with van der Waals surface area (Å²) in [4.78, 5) is 0. The lowest BCUT2D eigenvalue weighted by molar-refractivity contribution is 0.465. The lowest BCUT2D eigenvalue weighted by Gasteiger charge is -2.15. The summed E-state index contributed by atoms with van der Waals surface area (Å²) in [6.45, 7) is 0. The number of likely N-dealkylation sites (N-methyl/N-ethyl adjacent to an activating group) is 1. The highest BCUT2D eigenvalue weighted by molar-refractivity contribution is 9.10. The molecule has 0 aliphatic heterocycles. The van der Waals surface area contributed by atoms with Crippen LogP contribution in [-0.4, -0.2) is 7.05 Å². The average Bonchev–Trinajstić information content (AvgIpc) is 2.82. The summed E-state index contributed by atoms with van der Waals surface area (Å²) in [7, 11) is 1.88. The molecule has 0 aliphatic rings. The molecule has 1 heterocycles. The average molecular weight is 298 g/mol. The summed E-state index contributed by atoms with van der Waals surface area (Å²) in [5.41, 5.74) is 1.03. The van der Waals surface area contributed by atoms with Crippen molar-refractivity contribution in [1.29, 1.82) is 0 Å². The van der Waals surface area contributed by atoms with Gasteiger partial charge in [-0.1, -0.05) is 6.07 Å². The summed E-state index contributed by atoms with van der Waals surface area (Å²) in [6.07, 6.45) is 2.39. The molecule has 2 aromatic rings. The molecule has 90 valence electrons. The SMILES string of the molecule is CNC(Cc1ccco1)c1ccc(F)c(Br)c1. The Morgan fingerprint density at radius 1 is 1.41 bits per heavy atom. The van der Waals surface area contributed by atoms with Crippen molar-refractivity contribution >= 4 is 15.9 Å². The molecule has 1 N–H and O–H groups in total. The molecule has 1 aromatic carbocycles. The molecule has 0 amide bonds. The van der Waals surface area contributed by atoms with E-state index >= 15 is 0 Å². The Morgan fingerprint density at radius 2 is 2.24 bits per heavy atom. The molecule has 1 unspecified atom stereocenters. The van der Waals surface area contributed by atoms with Crippen LogP contribution >= 0.6 is 15.9 Å². The van der Waals surface area contributed by atoms with Gasteiger partial charge in [-0.2, -0.15) is 0 Å². The Bertz CT molecular complexity index is 484. The van der Waals surface area contributed by atoms with E-state index < -0.39 is 0 Å². The normalized spacial score (nSPS) is 12.6. The first-order chi connectivity index (χ1) is 8.20. The van der Waals surface area contributed by atoms with Crippen molar-refractivity contribution < 1.29 is 8.81 Å². The van der Waals surface area contributed by atoms with E-state index in [0.29, 0.717) is 4.47 Å². The first-order valence-electron chi connectivity index (χ1n) is 5.35. The standard InChI is InChI=1S/C13H13BrFNO/c1-16-13(8-10-3-2-6-17-10)9-4-5-12(15)11(14)7-9/h2-7,13,16H,8H2,1H3. The Labute approximate surface area is 108 Å². The monoisotopic (exact) mass is 297 g/mol. The molecule has 0 saturated carbocycles. The zero-order valence-electron chi connectivity index (χ0n) is 9.41. The first kappa shape index (κ1) is 12.3. The van der Waals surface area contributed by atoms with E-state index in [2.05, 4.69) is 21.2 Å². The van der Waals surface area contributed by atoms with Gasteiger partial charge in [0, 0.05) is 12.5 Å². The lowest BCUT2D eigenvalue weighted by Crippen LogP contribution is -2.18. The van der Waals surface area contributed by atoms with Crippen molar-refractivity contribution in [1.82, 2.24) is 5.32 Å². The highest BCUT2D eigenvalue weighted by Crippen LogP contribution is 2.23. The van der Waals surface area contributed by atoms with Gasteiger partial charge in [0.25, 0.3) is 0 Å². The number of benzene rings is 1. The van der Waals surface area contributed by atoms with Gasteiger partial charge in [-0.25, -0.2) is 4.39 Å². The van der Waals surface area contributed by atoms with Crippen LogP contribution in [0.15, 0.2) is 45.5 Å². The van der Waals surface area contributed by atoms with Crippen molar-refractivity contribution in [2.75, 3.05) is 7.05 Å². The second kappa shape index (κ2) is 5.47. The van der Waals surface area contributed by atoms with Gasteiger partial charge in [0.05, 0.1) is 10.7 Å². The Hall–Kier alpha value is -1.13. The minimum atomic E-state index is -0.249. The third-order valence-electron chi connectivity index (χ3n) is 2.68. The van der Waals surface area contributed by atoms with Gasteiger partial charge in [0.1, 0.15) is 11.6 Å². The fraction of sp³-hybridized carbons (Fsp3) is 0.231. The third kappa shape index (κ3) is 2.96. The topological polar surface area (TPSA) is 25.2 Å². The van der Waals surface area contributed by atoms with Crippen molar-refractivity contribution in [3.05, 3.63) is 58.2 Å². The van der Waals surface area contributed by atoms with Gasteiger partial charge < -0.3 is 9.73 Å². The predicted molar refractivity (Wildman–Crippen MR) is 68.3 cm³/mol. The third-order valence-corrected chi connectivity index (χ3v) is 3.29. The van der Waals surface area contributed by atoms with E-state index in [9.17, 15) is 4.39 Å². The van der Waals surface area contributed by atoms with Crippen LogP contribution in [0.4, 0.5) is 4.39 Å². The summed E-state index contributed by atoms with van der Waals surface area (Å²) in [6, 6.07) is 8.94. The van der Waals surface area contributed by atoms with E-state index in [4.69, 9.17) is 4.42 Å². The Morgan fingerprint density at radius 3 is 2.82 bits per heavy atom. The quantitative estimate of drug-likeness (QED) is 0.931. The van der Waals surface area contributed by atoms with Crippen LogP contribution in [0, 0.1) is 5.82 Å². The second-order valence-electron chi connectivity index (χ2n) is 3.80. The van der Waals surface area contributed by atoms with Gasteiger partial charge >= 0.3 is 0 Å². The van der Waals surface area contributed by atoms with Gasteiger partial charge in [-0.15, -0.1) is 0 Å². The predicted octanol–water partition coefficient (Wildman–Crippen LogP) is 3.68. The van der Waals surface area contributed by atoms with Crippen LogP contribution in [0.3, 0.4) is 0 Å². The number of halogens is 2. The van der Waals surface area contributed by atoms with Crippen LogP contribution in [0.2, 0.25) is 0 Å². The van der Waals surface area contributed by atoms with Crippen molar-refractivity contribution in [3.63, 3.8) is 0 Å². The number of hydrogen-bond donors (Lipinski definition) is 1. The fourth-order valence-corrected chi connectivity index (χ4v) is 2.14. The van der Waals surface area contributed by atoms with Gasteiger partial charge in [0.15, 0.2) is 0 Å². The molecule has 0 spiro atoms. The molecule has 2 rings (SSSR count). The van der Waals surface area contributed by atoms with Gasteiger partial charge in [-0.05, 0) is 52.8 Å². The van der Waals surface area contributed by atoms with E-state index in [1.54, 1.807) is 18.4 Å². The van der Waals surface area contributed by atoms with E-state index in [0.717, 1.165) is 17.7 Å². The molecule has 0 radical (unpaired) electrons. The number of nitrogens with one attached hydrogen (secondary N) is 1. The van der Waals surface area contributed by atoms with Gasteiger partial charge in [0.2, 0.25) is 0 Å². The molecule has 2 nitrogen and oxygen atoms in total. The molecule has 4 heteroatoms. The molecule has 1 atom stereocenters. The van der Waals surface area contributed by atoms with E-state index in [1.165, 1.54) is 6.07 Å². The van der Waals surface area contributed by atoms with Crippen molar-refractivity contribution in [3.8, 4) is 0 Å². The largest absolute Gasteiger partial charge is 0.469 e. The lowest BCUT2D eigenvalue weighted by atomic mass is 10.0. The Kier molecular flexibility index (Phi) is 3.97. The highest BCUT2D eigenvalue weighted by Gasteiger charge is 2.13. The number of hydrogen-bond acceptors (Lipinski definition) is 2. The maximum Gasteiger partial charge on any atom is 0.137 e. The molecule has 1 aromatic heterocycles. The Balaban J connectivity index is 2.20. The van der Waals surface area contributed by atoms with Crippen molar-refractivity contribution in [2.45, 2.75) is 12.5 Å². The minimum Gasteiger partial charge on any atom is -0.469 e. The molecule has 0 saturated heterocycles. The highest BCUT2D eigenvalue weighted by atomic mass is 79.9. The molecule has 0 bridgehead atoms. The van der Waals surface area contributed by atoms with Crippen LogP contribution < -0.4 is 5.32 Å². The zero-order chi connectivity index (χ0) is 12.3. The van der Waals surface area contributed by atoms with Crippen LogP contribution in [0.1, 0.15) is 17.4 Å². The molecule has 0 aliphatic carbocycles. The zero-order valence-corrected chi connectivity index (χ0v) is 11.0. The summed E-state index contributed by atoms with van der Waals surface area (Å²) in [5, 5.41) is 3.20. The van der Waals surface area contributed by atoms with Crippen LogP contribution in [-0.2, 0) is 6.42 Å². The summed E-state index contributed by atoms with van der Waals surface area (Å²) >= 11 is 3.20. The van der Waals surface area contributed by atoms with Crippen molar-refractivity contribution in [2.24, 2.45) is 0 Å². The molecular formula is C13H13BrFNO. The molecule has 0 fully saturated rings. The number of furan rings is 1. The maximum atomic E-state index is 13.2. The number of rotatable bonds is 4.